The van der Waals surface area contributed by atoms with Crippen molar-refractivity contribution in [2.24, 2.45) is 5.92 Å². The highest BCUT2D eigenvalue weighted by molar-refractivity contribution is 5.61. The zero-order chi connectivity index (χ0) is 16.0. The predicted octanol–water partition coefficient (Wildman–Crippen LogP) is 1.57. The molecule has 0 atom stereocenters. The Morgan fingerprint density at radius 3 is 2.52 bits per heavy atom. The monoisotopic (exact) mass is 297 g/mol. The number of likely N-dealkylation sites (N-methyl/N-ethyl adjacent to an activating group) is 1. The number of aromatic nitrogens is 2. The van der Waals surface area contributed by atoms with Crippen LogP contribution in [0, 0.1) is 16.0 Å². The normalized spacial score (nSPS) is 11.0. The van der Waals surface area contributed by atoms with Crippen LogP contribution in [0.5, 0.6) is 5.88 Å². The minimum absolute atomic E-state index is 0.00185. The number of hydrogen-bond acceptors (Lipinski definition) is 7. The van der Waals surface area contributed by atoms with Crippen molar-refractivity contribution >= 4 is 11.5 Å². The van der Waals surface area contributed by atoms with Gasteiger partial charge in [0.15, 0.2) is 0 Å². The Balaban J connectivity index is 3.11. The van der Waals surface area contributed by atoms with Crippen LogP contribution in [0.1, 0.15) is 19.7 Å². The van der Waals surface area contributed by atoms with Gasteiger partial charge in [0.1, 0.15) is 5.82 Å². The number of rotatable bonds is 8. The number of nitro groups is 1. The third-order valence-electron chi connectivity index (χ3n) is 2.72. The molecule has 21 heavy (non-hydrogen) atoms. The SMILES string of the molecule is COc1nc(CC(C)C)nc(NCCN(C)C)c1[N+](=O)[O-]. The molecule has 0 aliphatic carbocycles. The summed E-state index contributed by atoms with van der Waals surface area (Å²) in [6, 6.07) is 0. The minimum Gasteiger partial charge on any atom is -0.476 e. The molecule has 0 saturated heterocycles. The van der Waals surface area contributed by atoms with Gasteiger partial charge in [0, 0.05) is 19.5 Å². The van der Waals surface area contributed by atoms with Gasteiger partial charge >= 0.3 is 5.69 Å². The van der Waals surface area contributed by atoms with Gasteiger partial charge in [-0.3, -0.25) is 10.1 Å². The molecule has 0 unspecified atom stereocenters. The van der Waals surface area contributed by atoms with E-state index in [0.717, 1.165) is 6.54 Å². The molecular weight excluding hydrogens is 274 g/mol. The molecule has 0 saturated carbocycles. The first-order chi connectivity index (χ1) is 9.85. The van der Waals surface area contributed by atoms with Crippen molar-refractivity contribution in [2.45, 2.75) is 20.3 Å². The number of hydrogen-bond donors (Lipinski definition) is 1. The molecule has 1 rings (SSSR count). The Morgan fingerprint density at radius 1 is 1.38 bits per heavy atom. The number of nitrogens with zero attached hydrogens (tertiary/aromatic N) is 4. The third kappa shape index (κ3) is 5.14. The van der Waals surface area contributed by atoms with Crippen molar-refractivity contribution < 1.29 is 9.66 Å². The summed E-state index contributed by atoms with van der Waals surface area (Å²) >= 11 is 0. The fraction of sp³-hybridized carbons (Fsp3) is 0.692. The lowest BCUT2D eigenvalue weighted by Crippen LogP contribution is -2.22. The molecule has 1 aromatic rings. The Labute approximate surface area is 124 Å². The number of ether oxygens (including phenoxy) is 1. The molecule has 8 heteroatoms. The van der Waals surface area contributed by atoms with E-state index >= 15 is 0 Å². The molecule has 0 amide bonds. The Bertz CT molecular complexity index is 491. The summed E-state index contributed by atoms with van der Waals surface area (Å²) in [6.45, 7) is 5.37. The van der Waals surface area contributed by atoms with Gasteiger partial charge in [-0.1, -0.05) is 13.8 Å². The van der Waals surface area contributed by atoms with Crippen LogP contribution in [0.25, 0.3) is 0 Å². The van der Waals surface area contributed by atoms with Gasteiger partial charge in [-0.2, -0.15) is 4.98 Å². The molecular formula is C13H23N5O3. The fourth-order valence-electron chi connectivity index (χ4n) is 1.76. The molecule has 0 aliphatic heterocycles. The maximum absolute atomic E-state index is 11.2. The van der Waals surface area contributed by atoms with Gasteiger partial charge in [-0.05, 0) is 20.0 Å². The van der Waals surface area contributed by atoms with Gasteiger partial charge in [-0.15, -0.1) is 0 Å². The molecule has 8 nitrogen and oxygen atoms in total. The molecule has 0 aromatic carbocycles. The topological polar surface area (TPSA) is 93.4 Å². The van der Waals surface area contributed by atoms with Gasteiger partial charge in [0.25, 0.3) is 5.88 Å². The summed E-state index contributed by atoms with van der Waals surface area (Å²) in [7, 11) is 5.24. The van der Waals surface area contributed by atoms with E-state index in [2.05, 4.69) is 15.3 Å². The lowest BCUT2D eigenvalue weighted by Gasteiger charge is -2.13. The quantitative estimate of drug-likeness (QED) is 0.575. The van der Waals surface area contributed by atoms with Crippen molar-refractivity contribution in [1.29, 1.82) is 0 Å². The maximum atomic E-state index is 11.2. The Hall–Kier alpha value is -1.96. The maximum Gasteiger partial charge on any atom is 0.372 e. The standard InChI is InChI=1S/C13H23N5O3/c1-9(2)8-10-15-12(14-6-7-17(3)4)11(18(19)20)13(16-10)21-5/h9H,6-8H2,1-5H3,(H,14,15,16). The van der Waals surface area contributed by atoms with Crippen LogP contribution >= 0.6 is 0 Å². The van der Waals surface area contributed by atoms with Crippen molar-refractivity contribution in [3.8, 4) is 5.88 Å². The van der Waals surface area contributed by atoms with E-state index in [9.17, 15) is 10.1 Å². The van der Waals surface area contributed by atoms with Crippen LogP contribution in [0.2, 0.25) is 0 Å². The molecule has 0 fully saturated rings. The largest absolute Gasteiger partial charge is 0.476 e. The Kier molecular flexibility index (Phi) is 6.29. The summed E-state index contributed by atoms with van der Waals surface area (Å²) in [5.74, 6) is 1.10. The summed E-state index contributed by atoms with van der Waals surface area (Å²) in [6.07, 6.45) is 0.636. The second kappa shape index (κ2) is 7.72. The van der Waals surface area contributed by atoms with Crippen LogP contribution in [0.15, 0.2) is 0 Å². The van der Waals surface area contributed by atoms with Crippen LogP contribution in [0.4, 0.5) is 11.5 Å². The zero-order valence-corrected chi connectivity index (χ0v) is 13.2. The molecule has 0 spiro atoms. The lowest BCUT2D eigenvalue weighted by atomic mass is 10.1. The first kappa shape index (κ1) is 17.1. The number of methoxy groups -OCH3 is 1. The highest BCUT2D eigenvalue weighted by Crippen LogP contribution is 2.31. The second-order valence-electron chi connectivity index (χ2n) is 5.43. The van der Waals surface area contributed by atoms with Crippen molar-refractivity contribution in [1.82, 2.24) is 14.9 Å². The van der Waals surface area contributed by atoms with E-state index < -0.39 is 4.92 Å². The second-order valence-corrected chi connectivity index (χ2v) is 5.43. The van der Waals surface area contributed by atoms with Crippen LogP contribution in [-0.2, 0) is 6.42 Å². The lowest BCUT2D eigenvalue weighted by molar-refractivity contribution is -0.385. The van der Waals surface area contributed by atoms with Crippen LogP contribution in [-0.4, -0.2) is 54.1 Å². The van der Waals surface area contributed by atoms with E-state index in [1.807, 2.05) is 32.8 Å². The van der Waals surface area contributed by atoms with E-state index in [1.165, 1.54) is 7.11 Å². The highest BCUT2D eigenvalue weighted by Gasteiger charge is 2.25. The van der Waals surface area contributed by atoms with Crippen molar-refractivity contribution in [3.05, 3.63) is 15.9 Å². The van der Waals surface area contributed by atoms with Gasteiger partial charge in [-0.25, -0.2) is 4.98 Å². The van der Waals surface area contributed by atoms with Crippen LogP contribution < -0.4 is 10.1 Å². The number of anilines is 1. The molecule has 1 N–H and O–H groups in total. The minimum atomic E-state index is -0.518. The van der Waals surface area contributed by atoms with Crippen LogP contribution in [0.3, 0.4) is 0 Å². The van der Waals surface area contributed by atoms with Gasteiger partial charge in [0.2, 0.25) is 5.82 Å². The summed E-state index contributed by atoms with van der Waals surface area (Å²) < 4.78 is 5.05. The summed E-state index contributed by atoms with van der Waals surface area (Å²) in [5.41, 5.74) is -0.219. The van der Waals surface area contributed by atoms with E-state index in [0.29, 0.717) is 24.7 Å². The summed E-state index contributed by atoms with van der Waals surface area (Å²) in [4.78, 5) is 21.1. The van der Waals surface area contributed by atoms with Crippen molar-refractivity contribution in [3.63, 3.8) is 0 Å². The van der Waals surface area contributed by atoms with Gasteiger partial charge in [0.05, 0.1) is 12.0 Å². The van der Waals surface area contributed by atoms with Crippen molar-refractivity contribution in [2.75, 3.05) is 39.6 Å². The average molecular weight is 297 g/mol. The zero-order valence-electron chi connectivity index (χ0n) is 13.2. The highest BCUT2D eigenvalue weighted by atomic mass is 16.6. The third-order valence-corrected chi connectivity index (χ3v) is 2.72. The molecule has 1 aromatic heterocycles. The Morgan fingerprint density at radius 2 is 2.05 bits per heavy atom. The first-order valence-corrected chi connectivity index (χ1v) is 6.83. The van der Waals surface area contributed by atoms with E-state index in [4.69, 9.17) is 4.74 Å². The smallest absolute Gasteiger partial charge is 0.372 e. The first-order valence-electron chi connectivity index (χ1n) is 6.83. The number of nitrogens with one attached hydrogen (secondary N) is 1. The molecule has 0 aliphatic rings. The molecule has 0 radical (unpaired) electrons. The predicted molar refractivity (Wildman–Crippen MR) is 80.8 cm³/mol. The fourth-order valence-corrected chi connectivity index (χ4v) is 1.76. The molecule has 0 bridgehead atoms. The average Bonchev–Trinajstić information content (AvgIpc) is 2.36. The van der Waals surface area contributed by atoms with E-state index in [1.54, 1.807) is 0 Å². The molecule has 1 heterocycles. The molecule has 118 valence electrons. The van der Waals surface area contributed by atoms with Gasteiger partial charge < -0.3 is 15.0 Å². The summed E-state index contributed by atoms with van der Waals surface area (Å²) in [5, 5.41) is 14.2. The van der Waals surface area contributed by atoms with E-state index in [-0.39, 0.29) is 17.4 Å².